The van der Waals surface area contributed by atoms with E-state index in [2.05, 4.69) is 50.2 Å². The molecule has 29 heavy (non-hydrogen) atoms. The van der Waals surface area contributed by atoms with Crippen molar-refractivity contribution in [3.8, 4) is 0 Å². The Balaban J connectivity index is 1.99. The predicted octanol–water partition coefficient (Wildman–Crippen LogP) is 10.1. The Labute approximate surface area is 183 Å². The van der Waals surface area contributed by atoms with Gasteiger partial charge in [0.15, 0.2) is 0 Å². The summed E-state index contributed by atoms with van der Waals surface area (Å²) in [5.41, 5.74) is 2.96. The lowest BCUT2D eigenvalue weighted by Crippen LogP contribution is -2.01. The molecule has 1 unspecified atom stereocenters. The van der Waals surface area contributed by atoms with E-state index in [0.717, 1.165) is 0 Å². The Morgan fingerprint density at radius 1 is 0.759 bits per heavy atom. The molecule has 1 rings (SSSR count). The summed E-state index contributed by atoms with van der Waals surface area (Å²) in [6.07, 6.45) is 29.9. The Kier molecular flexibility index (Phi) is 17.1. The van der Waals surface area contributed by atoms with Crippen LogP contribution in [-0.4, -0.2) is 4.98 Å². The third-order valence-electron chi connectivity index (χ3n) is 6.40. The lowest BCUT2D eigenvalue weighted by molar-refractivity contribution is 0.523. The summed E-state index contributed by atoms with van der Waals surface area (Å²) in [6.45, 7) is 6.89. The number of aromatic nitrogens is 1. The van der Waals surface area contributed by atoms with Gasteiger partial charge in [0.25, 0.3) is 0 Å². The second-order valence-electron chi connectivity index (χ2n) is 9.15. The molecule has 1 aromatic rings. The second-order valence-corrected chi connectivity index (χ2v) is 9.15. The molecule has 1 atom stereocenters. The quantitative estimate of drug-likeness (QED) is 0.165. The molecule has 1 heteroatoms. The highest BCUT2D eigenvalue weighted by molar-refractivity contribution is 5.22. The fraction of sp³-hybridized carbons (Fsp3) is 0.786. The zero-order valence-corrected chi connectivity index (χ0v) is 20.1. The Morgan fingerprint density at radius 2 is 1.28 bits per heavy atom. The van der Waals surface area contributed by atoms with Gasteiger partial charge in [-0.15, -0.1) is 0 Å². The SMILES string of the molecule is CCCC=C(C)C(CCCCCCCCCCCCCCCCC)c1ccc[nH]1. The van der Waals surface area contributed by atoms with Gasteiger partial charge in [0.05, 0.1) is 0 Å². The second kappa shape index (κ2) is 19.0. The van der Waals surface area contributed by atoms with E-state index in [-0.39, 0.29) is 0 Å². The average Bonchev–Trinajstić information content (AvgIpc) is 3.26. The molecule has 1 N–H and O–H groups in total. The first-order valence-electron chi connectivity index (χ1n) is 13.1. The van der Waals surface area contributed by atoms with Gasteiger partial charge >= 0.3 is 0 Å². The van der Waals surface area contributed by atoms with Gasteiger partial charge in [0, 0.05) is 17.8 Å². The van der Waals surface area contributed by atoms with Crippen molar-refractivity contribution in [3.05, 3.63) is 35.7 Å². The molecule has 1 heterocycles. The third-order valence-corrected chi connectivity index (χ3v) is 6.40. The Morgan fingerprint density at radius 3 is 1.72 bits per heavy atom. The van der Waals surface area contributed by atoms with Crippen molar-refractivity contribution in [2.45, 2.75) is 142 Å². The van der Waals surface area contributed by atoms with Crippen molar-refractivity contribution in [2.24, 2.45) is 0 Å². The smallest absolute Gasteiger partial charge is 0.0219 e. The summed E-state index contributed by atoms with van der Waals surface area (Å²) in [7, 11) is 0. The minimum atomic E-state index is 0.596. The van der Waals surface area contributed by atoms with E-state index in [1.165, 1.54) is 121 Å². The van der Waals surface area contributed by atoms with E-state index < -0.39 is 0 Å². The monoisotopic (exact) mass is 401 g/mol. The molecule has 0 saturated carbocycles. The average molecular weight is 402 g/mol. The Bertz CT molecular complexity index is 471. The van der Waals surface area contributed by atoms with Crippen LogP contribution in [0.4, 0.5) is 0 Å². The fourth-order valence-electron chi connectivity index (χ4n) is 4.42. The van der Waals surface area contributed by atoms with Crippen molar-refractivity contribution in [2.75, 3.05) is 0 Å². The maximum atomic E-state index is 3.46. The molecule has 0 aliphatic rings. The van der Waals surface area contributed by atoms with Crippen LogP contribution in [0.5, 0.6) is 0 Å². The van der Waals surface area contributed by atoms with Gasteiger partial charge in [-0.2, -0.15) is 0 Å². The zero-order valence-electron chi connectivity index (χ0n) is 20.1. The van der Waals surface area contributed by atoms with Gasteiger partial charge in [-0.25, -0.2) is 0 Å². The lowest BCUT2D eigenvalue weighted by Gasteiger charge is -2.17. The summed E-state index contributed by atoms with van der Waals surface area (Å²) in [4.78, 5) is 3.46. The Hall–Kier alpha value is -0.980. The summed E-state index contributed by atoms with van der Waals surface area (Å²) in [5, 5.41) is 0. The topological polar surface area (TPSA) is 15.8 Å². The van der Waals surface area contributed by atoms with E-state index in [9.17, 15) is 0 Å². The molecule has 1 nitrogen and oxygen atoms in total. The maximum absolute atomic E-state index is 3.46. The first-order valence-corrected chi connectivity index (χ1v) is 13.1. The van der Waals surface area contributed by atoms with E-state index in [1.807, 2.05) is 0 Å². The fourth-order valence-corrected chi connectivity index (χ4v) is 4.42. The van der Waals surface area contributed by atoms with Crippen molar-refractivity contribution < 1.29 is 0 Å². The summed E-state index contributed by atoms with van der Waals surface area (Å²) >= 11 is 0. The van der Waals surface area contributed by atoms with E-state index >= 15 is 0 Å². The molecular weight excluding hydrogens is 350 g/mol. The van der Waals surface area contributed by atoms with Crippen LogP contribution in [0.3, 0.4) is 0 Å². The third kappa shape index (κ3) is 13.8. The molecule has 168 valence electrons. The van der Waals surface area contributed by atoms with Crippen LogP contribution in [0, 0.1) is 0 Å². The highest BCUT2D eigenvalue weighted by Crippen LogP contribution is 2.29. The van der Waals surface area contributed by atoms with Crippen LogP contribution in [-0.2, 0) is 0 Å². The summed E-state index contributed by atoms with van der Waals surface area (Å²) in [5.74, 6) is 0.596. The largest absolute Gasteiger partial charge is 0.364 e. The van der Waals surface area contributed by atoms with Crippen molar-refractivity contribution >= 4 is 0 Å². The number of aromatic amines is 1. The van der Waals surface area contributed by atoms with Gasteiger partial charge < -0.3 is 4.98 Å². The van der Waals surface area contributed by atoms with Gasteiger partial charge in [-0.1, -0.05) is 128 Å². The number of rotatable bonds is 20. The zero-order chi connectivity index (χ0) is 21.0. The minimum absolute atomic E-state index is 0.596. The van der Waals surface area contributed by atoms with Crippen molar-refractivity contribution in [3.63, 3.8) is 0 Å². The first kappa shape index (κ1) is 26.1. The lowest BCUT2D eigenvalue weighted by atomic mass is 9.90. The van der Waals surface area contributed by atoms with Crippen LogP contribution < -0.4 is 0 Å². The van der Waals surface area contributed by atoms with Gasteiger partial charge in [0.2, 0.25) is 0 Å². The van der Waals surface area contributed by atoms with Crippen molar-refractivity contribution in [1.29, 1.82) is 0 Å². The molecule has 1 aromatic heterocycles. The minimum Gasteiger partial charge on any atom is -0.364 e. The number of allylic oxidation sites excluding steroid dienone is 2. The molecule has 0 aliphatic heterocycles. The molecule has 0 fully saturated rings. The van der Waals surface area contributed by atoms with Crippen LogP contribution in [0.1, 0.15) is 148 Å². The number of unbranched alkanes of at least 4 members (excludes halogenated alkanes) is 15. The molecule has 0 aromatic carbocycles. The number of hydrogen-bond acceptors (Lipinski definition) is 0. The van der Waals surface area contributed by atoms with E-state index in [1.54, 1.807) is 5.57 Å². The molecule has 0 saturated heterocycles. The van der Waals surface area contributed by atoms with Gasteiger partial charge in [-0.3, -0.25) is 0 Å². The molecule has 0 spiro atoms. The standard InChI is InChI=1S/C28H51N/c1-4-6-8-9-10-11-12-13-14-15-16-17-18-19-20-23-27(26(3)22-7-5-2)28-24-21-25-29-28/h21-22,24-25,27,29H,4-20,23H2,1-3H3. The molecule has 0 bridgehead atoms. The summed E-state index contributed by atoms with van der Waals surface area (Å²) in [6, 6.07) is 4.40. The van der Waals surface area contributed by atoms with E-state index in [0.29, 0.717) is 5.92 Å². The van der Waals surface area contributed by atoms with Crippen LogP contribution in [0.25, 0.3) is 0 Å². The number of H-pyrrole nitrogens is 1. The van der Waals surface area contributed by atoms with Crippen LogP contribution in [0.2, 0.25) is 0 Å². The normalized spacial score (nSPS) is 13.1. The highest BCUT2D eigenvalue weighted by Gasteiger charge is 2.13. The van der Waals surface area contributed by atoms with Gasteiger partial charge in [-0.05, 0) is 31.9 Å². The molecule has 0 radical (unpaired) electrons. The summed E-state index contributed by atoms with van der Waals surface area (Å²) < 4.78 is 0. The van der Waals surface area contributed by atoms with Crippen LogP contribution >= 0.6 is 0 Å². The molecule has 0 amide bonds. The van der Waals surface area contributed by atoms with Gasteiger partial charge in [0.1, 0.15) is 0 Å². The molecule has 0 aliphatic carbocycles. The number of hydrogen-bond donors (Lipinski definition) is 1. The number of nitrogens with one attached hydrogen (secondary N) is 1. The molecular formula is C28H51N. The maximum Gasteiger partial charge on any atom is 0.0219 e. The van der Waals surface area contributed by atoms with E-state index in [4.69, 9.17) is 0 Å². The first-order chi connectivity index (χ1) is 14.3. The highest BCUT2D eigenvalue weighted by atomic mass is 14.7. The predicted molar refractivity (Wildman–Crippen MR) is 132 cm³/mol. The van der Waals surface area contributed by atoms with Crippen molar-refractivity contribution in [1.82, 2.24) is 4.98 Å². The van der Waals surface area contributed by atoms with Crippen LogP contribution in [0.15, 0.2) is 30.0 Å².